The molecule has 304 valence electrons. The first kappa shape index (κ1) is 50.4. The first-order valence-corrected chi connectivity index (χ1v) is 22.7. The maximum atomic E-state index is 12.2. The molecule has 0 saturated heterocycles. The smallest absolute Gasteiger partial charge is 0.306 e. The lowest BCUT2D eigenvalue weighted by atomic mass is 10.1. The van der Waals surface area contributed by atoms with Crippen LogP contribution in [-0.2, 0) is 14.3 Å². The molecule has 1 N–H and O–H groups in total. The molecule has 0 aromatic carbocycles. The number of carbonyl (C=O) groups is 1. The number of allylic oxidation sites excluding steroid dienone is 8. The van der Waals surface area contributed by atoms with Gasteiger partial charge in [-0.25, -0.2) is 0 Å². The molecule has 0 aliphatic carbocycles. The summed E-state index contributed by atoms with van der Waals surface area (Å²) in [7, 11) is 0. The number of esters is 1. The molecule has 0 aromatic heterocycles. The molecule has 0 rings (SSSR count). The Morgan fingerprint density at radius 2 is 0.808 bits per heavy atom. The van der Waals surface area contributed by atoms with Crippen LogP contribution in [0.1, 0.15) is 226 Å². The maximum Gasteiger partial charge on any atom is 0.306 e. The molecule has 1 atom stereocenters. The van der Waals surface area contributed by atoms with E-state index >= 15 is 0 Å². The van der Waals surface area contributed by atoms with Crippen molar-refractivity contribution in [2.45, 2.75) is 232 Å². The summed E-state index contributed by atoms with van der Waals surface area (Å²) < 4.78 is 11.2. The Balaban J connectivity index is 3.46. The molecular formula is C48H88O4. The molecule has 0 aromatic rings. The van der Waals surface area contributed by atoms with E-state index in [0.29, 0.717) is 13.0 Å². The van der Waals surface area contributed by atoms with E-state index in [1.165, 1.54) is 161 Å². The van der Waals surface area contributed by atoms with Gasteiger partial charge in [0.2, 0.25) is 0 Å². The average molecular weight is 729 g/mol. The van der Waals surface area contributed by atoms with Crippen molar-refractivity contribution in [2.24, 2.45) is 0 Å². The van der Waals surface area contributed by atoms with Gasteiger partial charge in [0, 0.05) is 13.0 Å². The highest BCUT2D eigenvalue weighted by atomic mass is 16.6. The number of hydrogen-bond acceptors (Lipinski definition) is 4. The number of aliphatic hydroxyl groups excluding tert-OH is 1. The highest BCUT2D eigenvalue weighted by Crippen LogP contribution is 2.13. The lowest BCUT2D eigenvalue weighted by Crippen LogP contribution is -2.27. The molecule has 0 bridgehead atoms. The molecular weight excluding hydrogens is 641 g/mol. The quantitative estimate of drug-likeness (QED) is 0.0386. The number of unbranched alkanes of at least 4 members (excludes halogenated alkanes) is 26. The molecule has 1 unspecified atom stereocenters. The Hall–Kier alpha value is -1.65. The summed E-state index contributed by atoms with van der Waals surface area (Å²) in [6.45, 7) is 5.33. The summed E-state index contributed by atoms with van der Waals surface area (Å²) in [5, 5.41) is 9.62. The number of aliphatic hydroxyl groups is 1. The summed E-state index contributed by atoms with van der Waals surface area (Å²) in [5.41, 5.74) is 0. The van der Waals surface area contributed by atoms with Gasteiger partial charge in [-0.1, -0.05) is 191 Å². The lowest BCUT2D eigenvalue weighted by Gasteiger charge is -2.15. The van der Waals surface area contributed by atoms with E-state index in [2.05, 4.69) is 62.5 Å². The Kier molecular flexibility index (Phi) is 44.1. The Bertz CT molecular complexity index is 813. The first-order chi connectivity index (χ1) is 25.7. The van der Waals surface area contributed by atoms with Gasteiger partial charge in [0.05, 0.1) is 13.2 Å². The van der Waals surface area contributed by atoms with E-state index in [4.69, 9.17) is 9.47 Å². The number of carbonyl (C=O) groups excluding carboxylic acids is 1. The lowest BCUT2D eigenvalue weighted by molar-refractivity contribution is -0.154. The second kappa shape index (κ2) is 45.5. The van der Waals surface area contributed by atoms with Crippen molar-refractivity contribution in [3.8, 4) is 0 Å². The molecule has 0 aliphatic rings. The van der Waals surface area contributed by atoms with Crippen LogP contribution in [-0.4, -0.2) is 37.0 Å². The minimum absolute atomic E-state index is 0.178. The van der Waals surface area contributed by atoms with Gasteiger partial charge < -0.3 is 14.6 Å². The van der Waals surface area contributed by atoms with Crippen LogP contribution in [0.15, 0.2) is 48.6 Å². The van der Waals surface area contributed by atoms with Gasteiger partial charge in [0.25, 0.3) is 0 Å². The van der Waals surface area contributed by atoms with Gasteiger partial charge in [0.15, 0.2) is 0 Å². The predicted octanol–water partition coefficient (Wildman–Crippen LogP) is 15.0. The summed E-state index contributed by atoms with van der Waals surface area (Å²) in [6, 6.07) is 0. The molecule has 0 radical (unpaired) electrons. The molecule has 0 aliphatic heterocycles. The van der Waals surface area contributed by atoms with E-state index in [1.54, 1.807) is 0 Å². The van der Waals surface area contributed by atoms with E-state index in [-0.39, 0.29) is 19.2 Å². The molecule has 52 heavy (non-hydrogen) atoms. The predicted molar refractivity (Wildman–Crippen MR) is 228 cm³/mol. The van der Waals surface area contributed by atoms with Crippen molar-refractivity contribution >= 4 is 5.97 Å². The zero-order valence-corrected chi connectivity index (χ0v) is 34.8. The highest BCUT2D eigenvalue weighted by Gasteiger charge is 2.13. The minimum Gasteiger partial charge on any atom is -0.457 e. The molecule has 0 fully saturated rings. The SMILES string of the molecule is CCCCCCC/C=C\C/C=C\C/C=C\CCCCCCCCC(=O)OC(CO)COCCCCCCCCCC/C=C\CCCCCCCCC. The Morgan fingerprint density at radius 1 is 0.462 bits per heavy atom. The summed E-state index contributed by atoms with van der Waals surface area (Å²) in [4.78, 5) is 12.2. The molecule has 0 spiro atoms. The van der Waals surface area contributed by atoms with Crippen LogP contribution in [0.3, 0.4) is 0 Å². The third-order valence-corrected chi connectivity index (χ3v) is 9.88. The first-order valence-electron chi connectivity index (χ1n) is 22.7. The molecule has 0 saturated carbocycles. The second-order valence-electron chi connectivity index (χ2n) is 15.1. The van der Waals surface area contributed by atoms with E-state index in [0.717, 1.165) is 44.9 Å². The molecule has 4 nitrogen and oxygen atoms in total. The summed E-state index contributed by atoms with van der Waals surface area (Å²) in [6.07, 6.45) is 58.9. The van der Waals surface area contributed by atoms with Crippen molar-refractivity contribution in [2.75, 3.05) is 19.8 Å². The van der Waals surface area contributed by atoms with Gasteiger partial charge in [-0.2, -0.15) is 0 Å². The number of ether oxygens (including phenoxy) is 2. The van der Waals surface area contributed by atoms with E-state index in [1.807, 2.05) is 0 Å². The van der Waals surface area contributed by atoms with Gasteiger partial charge in [-0.05, 0) is 77.0 Å². The summed E-state index contributed by atoms with van der Waals surface area (Å²) in [5.74, 6) is -0.213. The fourth-order valence-corrected chi connectivity index (χ4v) is 6.45. The second-order valence-corrected chi connectivity index (χ2v) is 15.1. The van der Waals surface area contributed by atoms with Crippen LogP contribution in [0.2, 0.25) is 0 Å². The standard InChI is InChI=1S/C48H88O4/c1-3-5-7-9-11-13-15-17-19-21-23-24-25-27-29-31-33-35-37-39-41-43-48(50)52-47(45-49)46-51-44-42-40-38-36-34-32-30-28-26-22-20-18-16-14-12-10-8-6-4-2/h15,17,20-23,25,27,47,49H,3-14,16,18-19,24,26,28-46H2,1-2H3/b17-15-,22-20-,23-21-,27-25-. The molecule has 0 amide bonds. The topological polar surface area (TPSA) is 55.8 Å². The molecule has 0 heterocycles. The monoisotopic (exact) mass is 729 g/mol. The normalized spacial score (nSPS) is 12.8. The van der Waals surface area contributed by atoms with Crippen LogP contribution < -0.4 is 0 Å². The number of hydrogen-bond donors (Lipinski definition) is 1. The Morgan fingerprint density at radius 3 is 1.23 bits per heavy atom. The highest BCUT2D eigenvalue weighted by molar-refractivity contribution is 5.69. The van der Waals surface area contributed by atoms with Gasteiger partial charge in [-0.15, -0.1) is 0 Å². The van der Waals surface area contributed by atoms with Crippen molar-refractivity contribution in [1.29, 1.82) is 0 Å². The van der Waals surface area contributed by atoms with Gasteiger partial charge in [0.1, 0.15) is 6.10 Å². The van der Waals surface area contributed by atoms with Gasteiger partial charge in [-0.3, -0.25) is 4.79 Å². The fourth-order valence-electron chi connectivity index (χ4n) is 6.45. The minimum atomic E-state index is -0.544. The van der Waals surface area contributed by atoms with Crippen molar-refractivity contribution in [3.05, 3.63) is 48.6 Å². The Labute approximate surface area is 324 Å². The summed E-state index contributed by atoms with van der Waals surface area (Å²) >= 11 is 0. The van der Waals surface area contributed by atoms with Crippen molar-refractivity contribution in [3.63, 3.8) is 0 Å². The van der Waals surface area contributed by atoms with Crippen molar-refractivity contribution < 1.29 is 19.4 Å². The van der Waals surface area contributed by atoms with E-state index in [9.17, 15) is 9.90 Å². The zero-order valence-electron chi connectivity index (χ0n) is 34.8. The van der Waals surface area contributed by atoms with Crippen LogP contribution in [0.25, 0.3) is 0 Å². The van der Waals surface area contributed by atoms with Crippen LogP contribution in [0.4, 0.5) is 0 Å². The zero-order chi connectivity index (χ0) is 37.7. The largest absolute Gasteiger partial charge is 0.457 e. The van der Waals surface area contributed by atoms with Crippen molar-refractivity contribution in [1.82, 2.24) is 0 Å². The fraction of sp³-hybridized carbons (Fsp3) is 0.812. The average Bonchev–Trinajstić information content (AvgIpc) is 3.15. The maximum absolute atomic E-state index is 12.2. The van der Waals surface area contributed by atoms with E-state index < -0.39 is 6.10 Å². The third-order valence-electron chi connectivity index (χ3n) is 9.88. The third kappa shape index (κ3) is 42.8. The molecule has 4 heteroatoms. The van der Waals surface area contributed by atoms with Crippen LogP contribution in [0, 0.1) is 0 Å². The van der Waals surface area contributed by atoms with Crippen LogP contribution >= 0.6 is 0 Å². The van der Waals surface area contributed by atoms with Crippen LogP contribution in [0.5, 0.6) is 0 Å². The number of rotatable bonds is 42. The van der Waals surface area contributed by atoms with Gasteiger partial charge >= 0.3 is 5.97 Å².